The van der Waals surface area contributed by atoms with E-state index < -0.39 is 5.54 Å². The summed E-state index contributed by atoms with van der Waals surface area (Å²) in [6.45, 7) is 5.22. The smallest absolute Gasteiger partial charge is 0.250 e. The highest BCUT2D eigenvalue weighted by molar-refractivity contribution is 5.83. The predicted octanol–water partition coefficient (Wildman–Crippen LogP) is 0.808. The maximum absolute atomic E-state index is 12.6. The van der Waals surface area contributed by atoms with Crippen LogP contribution in [-0.4, -0.2) is 45.9 Å². The molecule has 3 rings (SSSR count). The molecule has 2 saturated heterocycles. The third kappa shape index (κ3) is 1.82. The fourth-order valence-corrected chi connectivity index (χ4v) is 2.80. The molecule has 1 aromatic rings. The summed E-state index contributed by atoms with van der Waals surface area (Å²) in [4.78, 5) is 14.6. The molecule has 2 atom stereocenters. The van der Waals surface area contributed by atoms with Gasteiger partial charge in [0.25, 0.3) is 0 Å². The zero-order chi connectivity index (χ0) is 12.8. The number of likely N-dealkylation sites (tertiary alicyclic amines) is 1. The van der Waals surface area contributed by atoms with Gasteiger partial charge in [-0.25, -0.2) is 0 Å². The maximum Gasteiger partial charge on any atom is 0.250 e. The minimum absolute atomic E-state index is 0.111. The van der Waals surface area contributed by atoms with Gasteiger partial charge in [0.15, 0.2) is 0 Å². The van der Waals surface area contributed by atoms with Gasteiger partial charge in [-0.05, 0) is 26.7 Å². The number of carbonyl (C=O) groups is 1. The molecule has 1 aromatic heterocycles. The van der Waals surface area contributed by atoms with Crippen LogP contribution in [0.2, 0.25) is 0 Å². The van der Waals surface area contributed by atoms with Gasteiger partial charge in [0.05, 0.1) is 18.4 Å². The number of nitrogens with zero attached hydrogens (tertiary/aromatic N) is 3. The van der Waals surface area contributed by atoms with Gasteiger partial charge >= 0.3 is 0 Å². The molecule has 2 fully saturated rings. The van der Waals surface area contributed by atoms with Crippen LogP contribution in [-0.2, 0) is 15.1 Å². The lowest BCUT2D eigenvalue weighted by Gasteiger charge is -2.37. The first kappa shape index (κ1) is 11.7. The van der Waals surface area contributed by atoms with Crippen molar-refractivity contribution in [3.63, 3.8) is 0 Å². The lowest BCUT2D eigenvalue weighted by molar-refractivity contribution is -0.148. The first-order chi connectivity index (χ1) is 8.57. The number of hydrogen-bond donors (Lipinski definition) is 0. The van der Waals surface area contributed by atoms with E-state index in [0.717, 1.165) is 12.8 Å². The highest BCUT2D eigenvalue weighted by atomic mass is 16.5. The fraction of sp³-hybridized carbons (Fsp3) is 0.692. The summed E-state index contributed by atoms with van der Waals surface area (Å²) < 4.78 is 7.43. The van der Waals surface area contributed by atoms with E-state index in [1.807, 2.05) is 18.7 Å². The number of carbonyl (C=O) groups excluding carboxylic acids is 1. The molecule has 2 aliphatic heterocycles. The van der Waals surface area contributed by atoms with Crippen molar-refractivity contribution in [2.45, 2.75) is 44.4 Å². The minimum Gasteiger partial charge on any atom is -0.371 e. The van der Waals surface area contributed by atoms with Gasteiger partial charge in [0.2, 0.25) is 5.91 Å². The van der Waals surface area contributed by atoms with Gasteiger partial charge in [0, 0.05) is 25.4 Å². The molecule has 0 N–H and O–H groups in total. The quantitative estimate of drug-likeness (QED) is 0.778. The van der Waals surface area contributed by atoms with Crippen LogP contribution < -0.4 is 0 Å². The van der Waals surface area contributed by atoms with Crippen molar-refractivity contribution >= 4 is 5.91 Å². The Labute approximate surface area is 107 Å². The van der Waals surface area contributed by atoms with Crippen molar-refractivity contribution in [3.05, 3.63) is 18.5 Å². The Kier molecular flexibility index (Phi) is 2.66. The molecule has 0 spiro atoms. The third-order valence-corrected chi connectivity index (χ3v) is 3.88. The topological polar surface area (TPSA) is 47.4 Å². The van der Waals surface area contributed by atoms with Crippen LogP contribution in [0.25, 0.3) is 0 Å². The van der Waals surface area contributed by atoms with Gasteiger partial charge in [-0.15, -0.1) is 0 Å². The molecule has 2 aliphatic rings. The summed E-state index contributed by atoms with van der Waals surface area (Å²) in [5, 5.41) is 4.14. The molecule has 0 aliphatic carbocycles. The van der Waals surface area contributed by atoms with E-state index in [9.17, 15) is 4.79 Å². The molecule has 1 radical (unpaired) electrons. The Morgan fingerprint density at radius 3 is 2.61 bits per heavy atom. The van der Waals surface area contributed by atoms with Gasteiger partial charge in [-0.3, -0.25) is 9.48 Å². The van der Waals surface area contributed by atoms with Gasteiger partial charge in [-0.2, -0.15) is 5.10 Å². The van der Waals surface area contributed by atoms with E-state index in [1.165, 1.54) is 0 Å². The van der Waals surface area contributed by atoms with Crippen LogP contribution in [0.1, 0.15) is 26.7 Å². The Hall–Kier alpha value is -1.36. The van der Waals surface area contributed by atoms with Crippen LogP contribution >= 0.6 is 0 Å². The summed E-state index contributed by atoms with van der Waals surface area (Å²) in [7, 11) is 0. The lowest BCUT2D eigenvalue weighted by atomic mass is 10.0. The second kappa shape index (κ2) is 4.09. The minimum atomic E-state index is -0.656. The molecular formula is C13H18N3O2. The Morgan fingerprint density at radius 1 is 1.39 bits per heavy atom. The molecule has 3 heterocycles. The normalized spacial score (nSPS) is 27.6. The van der Waals surface area contributed by atoms with E-state index in [1.54, 1.807) is 17.1 Å². The SMILES string of the molecule is CC(C)(C(=O)N1CC2CCC(C1)O2)n1c[c]cn1. The monoisotopic (exact) mass is 248 g/mol. The zero-order valence-corrected chi connectivity index (χ0v) is 10.8. The maximum atomic E-state index is 12.6. The average Bonchev–Trinajstić information content (AvgIpc) is 2.98. The van der Waals surface area contributed by atoms with Crippen LogP contribution in [0.3, 0.4) is 0 Å². The van der Waals surface area contributed by atoms with E-state index >= 15 is 0 Å². The van der Waals surface area contributed by atoms with Crippen molar-refractivity contribution < 1.29 is 9.53 Å². The molecule has 97 valence electrons. The van der Waals surface area contributed by atoms with E-state index in [2.05, 4.69) is 11.2 Å². The van der Waals surface area contributed by atoms with Crippen molar-refractivity contribution in [3.8, 4) is 0 Å². The molecule has 2 unspecified atom stereocenters. The highest BCUT2D eigenvalue weighted by Gasteiger charge is 2.41. The summed E-state index contributed by atoms with van der Waals surface area (Å²) >= 11 is 0. The molecule has 5 heteroatoms. The average molecular weight is 248 g/mol. The van der Waals surface area contributed by atoms with Gasteiger partial charge in [-0.1, -0.05) is 0 Å². The number of hydrogen-bond acceptors (Lipinski definition) is 3. The van der Waals surface area contributed by atoms with Crippen LogP contribution in [0, 0.1) is 6.07 Å². The van der Waals surface area contributed by atoms with Crippen LogP contribution in [0.15, 0.2) is 12.4 Å². The first-order valence-electron chi connectivity index (χ1n) is 6.43. The molecule has 0 saturated carbocycles. The summed E-state index contributed by atoms with van der Waals surface area (Å²) in [6.07, 6.45) is 5.90. The number of rotatable bonds is 2. The number of fused-ring (bicyclic) bond motifs is 2. The second-order valence-corrected chi connectivity index (χ2v) is 5.61. The standard InChI is InChI=1S/C13H18N3O2/c1-13(2,16-7-3-6-14-16)12(17)15-8-10-4-5-11(9-15)18-10/h6-7,10-11H,4-5,8-9H2,1-2H3. The van der Waals surface area contributed by atoms with E-state index in [-0.39, 0.29) is 18.1 Å². The van der Waals surface area contributed by atoms with Crippen molar-refractivity contribution in [2.24, 2.45) is 0 Å². The van der Waals surface area contributed by atoms with E-state index in [0.29, 0.717) is 13.1 Å². The van der Waals surface area contributed by atoms with Crippen LogP contribution in [0.4, 0.5) is 0 Å². The Morgan fingerprint density at radius 2 is 2.06 bits per heavy atom. The Bertz CT molecular complexity index is 429. The van der Waals surface area contributed by atoms with Gasteiger partial charge in [0.1, 0.15) is 5.54 Å². The Balaban J connectivity index is 1.78. The molecule has 1 amide bonds. The molecule has 2 bridgehead atoms. The van der Waals surface area contributed by atoms with Crippen LogP contribution in [0.5, 0.6) is 0 Å². The van der Waals surface area contributed by atoms with E-state index in [4.69, 9.17) is 4.74 Å². The number of amides is 1. The van der Waals surface area contributed by atoms with Crippen molar-refractivity contribution in [1.29, 1.82) is 0 Å². The highest BCUT2D eigenvalue weighted by Crippen LogP contribution is 2.28. The molecule has 0 aromatic carbocycles. The van der Waals surface area contributed by atoms with Gasteiger partial charge < -0.3 is 9.64 Å². The summed E-state index contributed by atoms with van der Waals surface area (Å²) in [6, 6.07) is 2.88. The largest absolute Gasteiger partial charge is 0.371 e. The first-order valence-corrected chi connectivity index (χ1v) is 6.43. The van der Waals surface area contributed by atoms with Crippen molar-refractivity contribution in [2.75, 3.05) is 13.1 Å². The number of aromatic nitrogens is 2. The number of ether oxygens (including phenoxy) is 1. The predicted molar refractivity (Wildman–Crippen MR) is 64.9 cm³/mol. The summed E-state index contributed by atoms with van der Waals surface area (Å²) in [5.74, 6) is 0.111. The second-order valence-electron chi connectivity index (χ2n) is 5.61. The molecule has 5 nitrogen and oxygen atoms in total. The molecule has 18 heavy (non-hydrogen) atoms. The number of morpholine rings is 1. The zero-order valence-electron chi connectivity index (χ0n) is 10.8. The molecular weight excluding hydrogens is 230 g/mol. The fourth-order valence-electron chi connectivity index (χ4n) is 2.80. The van der Waals surface area contributed by atoms with Crippen molar-refractivity contribution in [1.82, 2.24) is 14.7 Å². The summed E-state index contributed by atoms with van der Waals surface area (Å²) in [5.41, 5.74) is -0.656. The lowest BCUT2D eigenvalue weighted by Crippen LogP contribution is -2.53. The third-order valence-electron chi connectivity index (χ3n) is 3.88.